The average Bonchev–Trinajstić information content (AvgIpc) is 2.40. The normalized spacial score (nSPS) is 11.2. The Morgan fingerprint density at radius 1 is 1.20 bits per heavy atom. The van der Waals surface area contributed by atoms with E-state index in [0.717, 1.165) is 0 Å². The Morgan fingerprint density at radius 2 is 1.70 bits per heavy atom. The smallest absolute Gasteiger partial charge is 0.266 e. The molecule has 1 amide bonds. The maximum absolute atomic E-state index is 12.8. The fraction of sp³-hybridized carbons (Fsp3) is 0.500. The van der Waals surface area contributed by atoms with E-state index in [1.54, 1.807) is 13.8 Å². The molecule has 0 aliphatic rings. The SMILES string of the molecule is CC(C)(Oc1ccc(F)cc1)C(=O)N(CCO)CCO. The van der Waals surface area contributed by atoms with Gasteiger partial charge < -0.3 is 19.8 Å². The molecule has 0 unspecified atom stereocenters. The van der Waals surface area contributed by atoms with Crippen LogP contribution in [0.2, 0.25) is 0 Å². The van der Waals surface area contributed by atoms with Crippen LogP contribution in [0.1, 0.15) is 13.8 Å². The summed E-state index contributed by atoms with van der Waals surface area (Å²) in [5.41, 5.74) is -1.18. The van der Waals surface area contributed by atoms with E-state index in [-0.39, 0.29) is 38.0 Å². The van der Waals surface area contributed by atoms with Crippen molar-refractivity contribution in [3.63, 3.8) is 0 Å². The van der Waals surface area contributed by atoms with Crippen molar-refractivity contribution in [3.8, 4) is 5.75 Å². The molecule has 2 N–H and O–H groups in total. The molecule has 0 aliphatic heterocycles. The molecule has 0 heterocycles. The second-order valence-electron chi connectivity index (χ2n) is 4.81. The van der Waals surface area contributed by atoms with Crippen LogP contribution in [0.25, 0.3) is 0 Å². The van der Waals surface area contributed by atoms with Crippen molar-refractivity contribution in [1.29, 1.82) is 0 Å². The first-order valence-electron chi connectivity index (χ1n) is 6.36. The van der Waals surface area contributed by atoms with Crippen molar-refractivity contribution in [1.82, 2.24) is 4.90 Å². The van der Waals surface area contributed by atoms with Gasteiger partial charge in [-0.2, -0.15) is 0 Å². The lowest BCUT2D eigenvalue weighted by molar-refractivity contribution is -0.146. The Kier molecular flexibility index (Phi) is 5.91. The van der Waals surface area contributed by atoms with Crippen molar-refractivity contribution in [2.45, 2.75) is 19.4 Å². The van der Waals surface area contributed by atoms with E-state index < -0.39 is 5.60 Å². The fourth-order valence-electron chi connectivity index (χ4n) is 1.78. The van der Waals surface area contributed by atoms with Crippen LogP contribution in [0.3, 0.4) is 0 Å². The summed E-state index contributed by atoms with van der Waals surface area (Å²) in [7, 11) is 0. The van der Waals surface area contributed by atoms with Crippen molar-refractivity contribution in [2.75, 3.05) is 26.3 Å². The van der Waals surface area contributed by atoms with Gasteiger partial charge in [-0.1, -0.05) is 0 Å². The zero-order chi connectivity index (χ0) is 15.2. The zero-order valence-electron chi connectivity index (χ0n) is 11.7. The van der Waals surface area contributed by atoms with Crippen LogP contribution in [0, 0.1) is 5.82 Å². The van der Waals surface area contributed by atoms with Gasteiger partial charge >= 0.3 is 0 Å². The topological polar surface area (TPSA) is 70.0 Å². The summed E-state index contributed by atoms with van der Waals surface area (Å²) in [6, 6.07) is 5.36. The lowest BCUT2D eigenvalue weighted by atomic mass is 10.1. The van der Waals surface area contributed by atoms with Crippen molar-refractivity contribution >= 4 is 5.91 Å². The molecule has 1 aromatic carbocycles. The summed E-state index contributed by atoms with van der Waals surface area (Å²) >= 11 is 0. The fourth-order valence-corrected chi connectivity index (χ4v) is 1.78. The predicted molar refractivity (Wildman–Crippen MR) is 71.9 cm³/mol. The van der Waals surface area contributed by atoms with E-state index in [0.29, 0.717) is 5.75 Å². The van der Waals surface area contributed by atoms with Crippen LogP contribution in [-0.4, -0.2) is 52.9 Å². The van der Waals surface area contributed by atoms with E-state index in [9.17, 15) is 9.18 Å². The number of aliphatic hydroxyl groups excluding tert-OH is 2. The van der Waals surface area contributed by atoms with Gasteiger partial charge in [-0.3, -0.25) is 4.79 Å². The molecule has 0 aliphatic carbocycles. The Labute approximate surface area is 117 Å². The van der Waals surface area contributed by atoms with E-state index >= 15 is 0 Å². The number of ether oxygens (including phenoxy) is 1. The first-order chi connectivity index (χ1) is 9.40. The predicted octanol–water partition coefficient (Wildman–Crippen LogP) is 0.796. The van der Waals surface area contributed by atoms with E-state index in [4.69, 9.17) is 14.9 Å². The van der Waals surface area contributed by atoms with Gasteiger partial charge in [0.25, 0.3) is 5.91 Å². The maximum Gasteiger partial charge on any atom is 0.266 e. The molecule has 0 bridgehead atoms. The third-order valence-electron chi connectivity index (χ3n) is 2.73. The Bertz CT molecular complexity index is 427. The minimum absolute atomic E-state index is 0.121. The number of amides is 1. The highest BCUT2D eigenvalue weighted by atomic mass is 19.1. The summed E-state index contributed by atoms with van der Waals surface area (Å²) in [5, 5.41) is 17.9. The molecular weight excluding hydrogens is 265 g/mol. The van der Waals surface area contributed by atoms with Crippen LogP contribution in [0.15, 0.2) is 24.3 Å². The molecule has 0 aromatic heterocycles. The van der Waals surface area contributed by atoms with Crippen LogP contribution >= 0.6 is 0 Å². The van der Waals surface area contributed by atoms with E-state index in [1.807, 2.05) is 0 Å². The molecule has 1 rings (SSSR count). The first-order valence-corrected chi connectivity index (χ1v) is 6.36. The minimum atomic E-state index is -1.18. The van der Waals surface area contributed by atoms with Gasteiger partial charge in [-0.15, -0.1) is 0 Å². The summed E-state index contributed by atoms with van der Waals surface area (Å²) in [6.45, 7) is 3.02. The van der Waals surface area contributed by atoms with Gasteiger partial charge in [-0.25, -0.2) is 4.39 Å². The molecular formula is C14H20FNO4. The second kappa shape index (κ2) is 7.21. The van der Waals surface area contributed by atoms with Crippen molar-refractivity contribution < 1.29 is 24.1 Å². The third kappa shape index (κ3) is 4.47. The van der Waals surface area contributed by atoms with Crippen molar-refractivity contribution in [2.24, 2.45) is 0 Å². The first kappa shape index (κ1) is 16.4. The minimum Gasteiger partial charge on any atom is -0.478 e. The molecule has 0 saturated carbocycles. The zero-order valence-corrected chi connectivity index (χ0v) is 11.7. The molecule has 20 heavy (non-hydrogen) atoms. The number of nitrogens with zero attached hydrogens (tertiary/aromatic N) is 1. The van der Waals surface area contributed by atoms with Gasteiger partial charge in [0.05, 0.1) is 13.2 Å². The number of carbonyl (C=O) groups is 1. The number of aliphatic hydroxyl groups is 2. The molecule has 0 radical (unpaired) electrons. The molecule has 112 valence electrons. The quantitative estimate of drug-likeness (QED) is 0.777. The number of hydrogen-bond donors (Lipinski definition) is 2. The summed E-state index contributed by atoms with van der Waals surface area (Å²) in [4.78, 5) is 13.6. The second-order valence-corrected chi connectivity index (χ2v) is 4.81. The molecule has 6 heteroatoms. The summed E-state index contributed by atoms with van der Waals surface area (Å²) < 4.78 is 18.4. The Morgan fingerprint density at radius 3 is 2.15 bits per heavy atom. The van der Waals surface area contributed by atoms with E-state index in [1.165, 1.54) is 29.2 Å². The highest BCUT2D eigenvalue weighted by Gasteiger charge is 2.33. The summed E-state index contributed by atoms with van der Waals surface area (Å²) in [5.74, 6) is -0.369. The molecule has 0 spiro atoms. The number of rotatable bonds is 7. The van der Waals surface area contributed by atoms with Gasteiger partial charge in [0, 0.05) is 13.1 Å². The number of halogens is 1. The Balaban J connectivity index is 2.79. The number of benzene rings is 1. The van der Waals surface area contributed by atoms with Crippen LogP contribution in [-0.2, 0) is 4.79 Å². The lowest BCUT2D eigenvalue weighted by Gasteiger charge is -2.31. The van der Waals surface area contributed by atoms with Crippen LogP contribution < -0.4 is 4.74 Å². The lowest BCUT2D eigenvalue weighted by Crippen LogP contribution is -2.50. The van der Waals surface area contributed by atoms with Gasteiger partial charge in [0.2, 0.25) is 0 Å². The molecule has 0 fully saturated rings. The van der Waals surface area contributed by atoms with Crippen LogP contribution in [0.5, 0.6) is 5.75 Å². The van der Waals surface area contributed by atoms with Gasteiger partial charge in [-0.05, 0) is 38.1 Å². The van der Waals surface area contributed by atoms with Crippen LogP contribution in [0.4, 0.5) is 4.39 Å². The maximum atomic E-state index is 12.8. The molecule has 5 nitrogen and oxygen atoms in total. The Hall–Kier alpha value is -1.66. The molecule has 0 atom stereocenters. The summed E-state index contributed by atoms with van der Waals surface area (Å²) in [6.07, 6.45) is 0. The van der Waals surface area contributed by atoms with Crippen molar-refractivity contribution in [3.05, 3.63) is 30.1 Å². The number of carbonyl (C=O) groups excluding carboxylic acids is 1. The van der Waals surface area contributed by atoms with Gasteiger partial charge in [0.15, 0.2) is 5.60 Å². The van der Waals surface area contributed by atoms with Gasteiger partial charge in [0.1, 0.15) is 11.6 Å². The molecule has 0 saturated heterocycles. The van der Waals surface area contributed by atoms with E-state index in [2.05, 4.69) is 0 Å². The highest BCUT2D eigenvalue weighted by molar-refractivity contribution is 5.84. The largest absolute Gasteiger partial charge is 0.478 e. The standard InChI is InChI=1S/C14H20FNO4/c1-14(2,13(19)16(7-9-17)8-10-18)20-12-5-3-11(15)4-6-12/h3-6,17-18H,7-10H2,1-2H3. The monoisotopic (exact) mass is 285 g/mol. The number of hydrogen-bond acceptors (Lipinski definition) is 4. The average molecular weight is 285 g/mol. The third-order valence-corrected chi connectivity index (χ3v) is 2.73. The molecule has 1 aromatic rings. The highest BCUT2D eigenvalue weighted by Crippen LogP contribution is 2.20.